The first-order valence-electron chi connectivity index (χ1n) is 12.5. The quantitative estimate of drug-likeness (QED) is 0.645. The third-order valence-corrected chi connectivity index (χ3v) is 9.31. The maximum atomic E-state index is 13.2. The van der Waals surface area contributed by atoms with E-state index < -0.39 is 5.60 Å². The number of methoxy groups -OCH3 is 1. The van der Waals surface area contributed by atoms with E-state index >= 15 is 0 Å². The van der Waals surface area contributed by atoms with Crippen LogP contribution in [0, 0.1) is 5.92 Å². The van der Waals surface area contributed by atoms with E-state index in [0.717, 1.165) is 48.5 Å². The molecule has 1 N–H and O–H groups in total. The van der Waals surface area contributed by atoms with Gasteiger partial charge in [0.2, 0.25) is 5.91 Å². The van der Waals surface area contributed by atoms with Gasteiger partial charge in [-0.3, -0.25) is 14.4 Å². The molecule has 2 saturated heterocycles. The Balaban J connectivity index is 1.34. The maximum Gasteiger partial charge on any atom is 0.244 e. The van der Waals surface area contributed by atoms with Crippen molar-refractivity contribution in [2.24, 2.45) is 5.92 Å². The van der Waals surface area contributed by atoms with Crippen LogP contribution >= 0.6 is 15.9 Å². The summed E-state index contributed by atoms with van der Waals surface area (Å²) in [6.45, 7) is 3.54. The highest BCUT2D eigenvalue weighted by Gasteiger charge is 2.63. The number of benzene rings is 1. The predicted octanol–water partition coefficient (Wildman–Crippen LogP) is 2.99. The lowest BCUT2D eigenvalue weighted by molar-refractivity contribution is -0.149. The van der Waals surface area contributed by atoms with Gasteiger partial charge in [0.15, 0.2) is 0 Å². The number of hydrogen-bond donors (Lipinski definition) is 1. The van der Waals surface area contributed by atoms with E-state index in [4.69, 9.17) is 4.74 Å². The molecule has 1 saturated carbocycles. The highest BCUT2D eigenvalue weighted by molar-refractivity contribution is 9.10. The van der Waals surface area contributed by atoms with Crippen LogP contribution in [0.15, 0.2) is 35.1 Å². The number of aromatic nitrogens is 2. The molecule has 34 heavy (non-hydrogen) atoms. The molecule has 182 valence electrons. The highest BCUT2D eigenvalue weighted by atomic mass is 79.9. The molecule has 1 amide bonds. The average Bonchev–Trinajstić information content (AvgIpc) is 3.58. The summed E-state index contributed by atoms with van der Waals surface area (Å²) in [5.74, 6) is 1.69. The topological polar surface area (TPSA) is 70.8 Å². The molecule has 8 heteroatoms. The molecule has 0 unspecified atom stereocenters. The average molecular weight is 529 g/mol. The third kappa shape index (κ3) is 3.60. The van der Waals surface area contributed by atoms with Gasteiger partial charge in [0.25, 0.3) is 0 Å². The van der Waals surface area contributed by atoms with E-state index in [1.807, 2.05) is 11.1 Å². The van der Waals surface area contributed by atoms with Crippen molar-refractivity contribution in [2.45, 2.75) is 62.1 Å². The second-order valence-corrected chi connectivity index (χ2v) is 11.6. The predicted molar refractivity (Wildman–Crippen MR) is 132 cm³/mol. The van der Waals surface area contributed by atoms with Crippen molar-refractivity contribution in [3.63, 3.8) is 0 Å². The number of piperidine rings is 1. The minimum atomic E-state index is -0.858. The number of likely N-dealkylation sites (tertiary alicyclic amines) is 2. The summed E-state index contributed by atoms with van der Waals surface area (Å²) in [6.07, 6.45) is 9.30. The minimum absolute atomic E-state index is 0.0597. The number of amides is 1. The van der Waals surface area contributed by atoms with E-state index in [0.29, 0.717) is 19.5 Å². The van der Waals surface area contributed by atoms with Crippen LogP contribution in [0.25, 0.3) is 0 Å². The first-order chi connectivity index (χ1) is 16.4. The smallest absolute Gasteiger partial charge is 0.244 e. The molecule has 1 aromatic carbocycles. The first-order valence-corrected chi connectivity index (χ1v) is 13.3. The number of halogens is 1. The van der Waals surface area contributed by atoms with Crippen LogP contribution in [-0.4, -0.2) is 75.5 Å². The van der Waals surface area contributed by atoms with Gasteiger partial charge in [-0.1, -0.05) is 6.07 Å². The Morgan fingerprint density at radius 2 is 2.03 bits per heavy atom. The van der Waals surface area contributed by atoms with Crippen LogP contribution in [0.2, 0.25) is 0 Å². The Morgan fingerprint density at radius 1 is 1.24 bits per heavy atom. The molecule has 2 aliphatic heterocycles. The SMILES string of the molecule is COc1ccc2c(c1)[C@@]13CCN(C(=O)Cn4cc(Br)cn4)CC[C@@]1(O)[C@@H](C2)N(CC1CC1)CC3. The lowest BCUT2D eigenvalue weighted by Gasteiger charge is -2.61. The number of ether oxygens (including phenoxy) is 1. The lowest BCUT2D eigenvalue weighted by Crippen LogP contribution is -2.71. The van der Waals surface area contributed by atoms with Crippen LogP contribution in [0.1, 0.15) is 43.2 Å². The van der Waals surface area contributed by atoms with Gasteiger partial charge in [-0.15, -0.1) is 0 Å². The molecule has 3 heterocycles. The number of hydrogen-bond acceptors (Lipinski definition) is 5. The first kappa shape index (κ1) is 22.6. The second-order valence-electron chi connectivity index (χ2n) is 10.7. The zero-order chi connectivity index (χ0) is 23.5. The van der Waals surface area contributed by atoms with E-state index in [1.165, 1.54) is 24.0 Å². The van der Waals surface area contributed by atoms with Crippen LogP contribution in [0.5, 0.6) is 5.75 Å². The zero-order valence-electron chi connectivity index (χ0n) is 19.8. The third-order valence-electron chi connectivity index (χ3n) is 8.91. The zero-order valence-corrected chi connectivity index (χ0v) is 21.3. The van der Waals surface area contributed by atoms with E-state index in [2.05, 4.69) is 44.1 Å². The van der Waals surface area contributed by atoms with Gasteiger partial charge in [0, 0.05) is 37.3 Å². The minimum Gasteiger partial charge on any atom is -0.497 e. The van der Waals surface area contributed by atoms with E-state index in [9.17, 15) is 9.90 Å². The van der Waals surface area contributed by atoms with E-state index in [1.54, 1.807) is 18.0 Å². The van der Waals surface area contributed by atoms with Gasteiger partial charge in [0.05, 0.1) is 23.4 Å². The van der Waals surface area contributed by atoms with Crippen LogP contribution in [-0.2, 0) is 23.2 Å². The van der Waals surface area contributed by atoms with Crippen LogP contribution < -0.4 is 4.74 Å². The molecular formula is C26H33BrN4O3. The van der Waals surface area contributed by atoms with Crippen molar-refractivity contribution < 1.29 is 14.6 Å². The summed E-state index contributed by atoms with van der Waals surface area (Å²) >= 11 is 3.41. The van der Waals surface area contributed by atoms with Crippen LogP contribution in [0.4, 0.5) is 0 Å². The van der Waals surface area contributed by atoms with Gasteiger partial charge in [0.1, 0.15) is 12.3 Å². The van der Waals surface area contributed by atoms with E-state index in [-0.39, 0.29) is 23.9 Å². The molecule has 1 aromatic heterocycles. The fraction of sp³-hybridized carbons (Fsp3) is 0.615. The van der Waals surface area contributed by atoms with Crippen molar-refractivity contribution in [1.82, 2.24) is 19.6 Å². The number of carbonyl (C=O) groups is 1. The normalized spacial score (nSPS) is 30.9. The summed E-state index contributed by atoms with van der Waals surface area (Å²) < 4.78 is 8.14. The monoisotopic (exact) mass is 528 g/mol. The summed E-state index contributed by atoms with van der Waals surface area (Å²) in [5.41, 5.74) is 1.35. The van der Waals surface area contributed by atoms with Gasteiger partial charge in [-0.25, -0.2) is 0 Å². The molecule has 0 spiro atoms. The molecule has 2 aliphatic carbocycles. The fourth-order valence-electron chi connectivity index (χ4n) is 6.90. The molecule has 3 atom stereocenters. The molecule has 6 rings (SSSR count). The van der Waals surface area contributed by atoms with Crippen molar-refractivity contribution in [1.29, 1.82) is 0 Å². The molecular weight excluding hydrogens is 496 g/mol. The Hall–Kier alpha value is -1.90. The lowest BCUT2D eigenvalue weighted by atomic mass is 9.52. The van der Waals surface area contributed by atoms with Gasteiger partial charge in [-0.2, -0.15) is 5.10 Å². The molecule has 7 nitrogen and oxygen atoms in total. The Labute approximate surface area is 209 Å². The van der Waals surface area contributed by atoms with Crippen molar-refractivity contribution >= 4 is 21.8 Å². The summed E-state index contributed by atoms with van der Waals surface area (Å²) in [4.78, 5) is 17.7. The van der Waals surface area contributed by atoms with Gasteiger partial charge < -0.3 is 14.7 Å². The highest BCUT2D eigenvalue weighted by Crippen LogP contribution is 2.56. The summed E-state index contributed by atoms with van der Waals surface area (Å²) in [7, 11) is 1.70. The number of fused-ring (bicyclic) bond motifs is 1. The molecule has 2 aromatic rings. The molecule has 2 bridgehead atoms. The maximum absolute atomic E-state index is 13.2. The summed E-state index contributed by atoms with van der Waals surface area (Å²) in [6, 6.07) is 6.51. The largest absolute Gasteiger partial charge is 0.497 e. The van der Waals surface area contributed by atoms with Crippen molar-refractivity contribution in [3.05, 3.63) is 46.2 Å². The van der Waals surface area contributed by atoms with Crippen molar-refractivity contribution in [3.8, 4) is 5.75 Å². The number of nitrogens with zero attached hydrogens (tertiary/aromatic N) is 4. The molecule has 0 radical (unpaired) electrons. The fourth-order valence-corrected chi connectivity index (χ4v) is 7.22. The number of aliphatic hydroxyl groups is 1. The molecule has 4 aliphatic rings. The van der Waals surface area contributed by atoms with Gasteiger partial charge >= 0.3 is 0 Å². The number of rotatable bonds is 5. The molecule has 3 fully saturated rings. The Kier molecular flexibility index (Phi) is 5.54. The Morgan fingerprint density at radius 3 is 2.76 bits per heavy atom. The van der Waals surface area contributed by atoms with Crippen LogP contribution in [0.3, 0.4) is 0 Å². The Bertz CT molecular complexity index is 1100. The van der Waals surface area contributed by atoms with Gasteiger partial charge in [-0.05, 0) is 90.2 Å². The summed E-state index contributed by atoms with van der Waals surface area (Å²) in [5, 5.41) is 16.9. The number of carbonyl (C=O) groups excluding carboxylic acids is 1. The second kappa shape index (κ2) is 8.35. The standard InChI is InChI=1S/C26H33BrN4O3/c1-34-21-5-4-19-12-23-26(33)8-11-29(24(32)17-31-16-20(27)14-28-31)9-6-25(26,22(19)13-21)7-10-30(23)15-18-2-3-18/h4-5,13-14,16,18,23,33H,2-3,6-12,15,17H2,1H3/t23-,25+,26-/m1/s1. The van der Waals surface area contributed by atoms with Crippen molar-refractivity contribution in [2.75, 3.05) is 33.3 Å².